The number of carboxylic acids is 1. The Morgan fingerprint density at radius 1 is 1.11 bits per heavy atom. The maximum absolute atomic E-state index is 12.2. The van der Waals surface area contributed by atoms with Gasteiger partial charge >= 0.3 is 5.97 Å². The molecule has 0 spiro atoms. The maximum atomic E-state index is 12.2. The van der Waals surface area contributed by atoms with Crippen molar-refractivity contribution in [3.05, 3.63) is 52.5 Å². The Bertz CT molecular complexity index is 828. The molecule has 0 aliphatic heterocycles. The molecule has 2 rings (SSSR count). The number of para-hydroxylation sites is 1. The second-order valence-corrected chi connectivity index (χ2v) is 6.87. The van der Waals surface area contributed by atoms with E-state index in [0.717, 1.165) is 10.0 Å². The SMILES string of the molecule is COc1ccc(CCNC(CC(=O)Nc2ccccc2Br)C(=O)O)cc1OC. The van der Waals surface area contributed by atoms with Crippen molar-refractivity contribution >= 4 is 33.5 Å². The van der Waals surface area contributed by atoms with E-state index in [1.807, 2.05) is 18.2 Å². The summed E-state index contributed by atoms with van der Waals surface area (Å²) in [6, 6.07) is 11.7. The first-order chi connectivity index (χ1) is 13.4. The third-order valence-electron chi connectivity index (χ3n) is 4.09. The molecule has 8 heteroatoms. The minimum Gasteiger partial charge on any atom is -0.493 e. The van der Waals surface area contributed by atoms with Gasteiger partial charge in [0, 0.05) is 4.47 Å². The third kappa shape index (κ3) is 6.24. The summed E-state index contributed by atoms with van der Waals surface area (Å²) in [5, 5.41) is 15.0. The van der Waals surface area contributed by atoms with E-state index in [1.54, 1.807) is 38.5 Å². The molecule has 0 aromatic heterocycles. The van der Waals surface area contributed by atoms with Crippen molar-refractivity contribution in [1.82, 2.24) is 5.32 Å². The Morgan fingerprint density at radius 2 is 1.82 bits per heavy atom. The molecule has 150 valence electrons. The van der Waals surface area contributed by atoms with Crippen LogP contribution in [-0.2, 0) is 16.0 Å². The molecule has 1 atom stereocenters. The fourth-order valence-electron chi connectivity index (χ4n) is 2.62. The van der Waals surface area contributed by atoms with Gasteiger partial charge in [0.25, 0.3) is 0 Å². The predicted octanol–water partition coefficient (Wildman–Crippen LogP) is 3.08. The Kier molecular flexibility index (Phi) is 8.28. The molecular formula is C20H23BrN2O5. The number of benzene rings is 2. The molecule has 1 unspecified atom stereocenters. The van der Waals surface area contributed by atoms with Crippen molar-refractivity contribution in [3.63, 3.8) is 0 Å². The van der Waals surface area contributed by atoms with Gasteiger partial charge in [-0.05, 0) is 58.7 Å². The van der Waals surface area contributed by atoms with Crippen LogP contribution in [0.3, 0.4) is 0 Å². The number of methoxy groups -OCH3 is 2. The van der Waals surface area contributed by atoms with Gasteiger partial charge in [-0.1, -0.05) is 18.2 Å². The lowest BCUT2D eigenvalue weighted by molar-refractivity contribution is -0.141. The molecule has 0 saturated carbocycles. The molecule has 7 nitrogen and oxygen atoms in total. The summed E-state index contributed by atoms with van der Waals surface area (Å²) in [5.41, 5.74) is 1.56. The highest BCUT2D eigenvalue weighted by Crippen LogP contribution is 2.27. The van der Waals surface area contributed by atoms with Crippen LogP contribution < -0.4 is 20.1 Å². The van der Waals surface area contributed by atoms with Gasteiger partial charge in [-0.2, -0.15) is 0 Å². The Morgan fingerprint density at radius 3 is 2.46 bits per heavy atom. The number of amides is 1. The number of aliphatic carboxylic acids is 1. The van der Waals surface area contributed by atoms with Gasteiger partial charge in [-0.25, -0.2) is 0 Å². The number of nitrogens with one attached hydrogen (secondary N) is 2. The lowest BCUT2D eigenvalue weighted by Crippen LogP contribution is -2.40. The zero-order valence-corrected chi connectivity index (χ0v) is 17.3. The normalized spacial score (nSPS) is 11.5. The molecule has 0 aliphatic rings. The summed E-state index contributed by atoms with van der Waals surface area (Å²) in [6.07, 6.45) is 0.401. The molecule has 28 heavy (non-hydrogen) atoms. The van der Waals surface area contributed by atoms with Crippen LogP contribution in [0.4, 0.5) is 5.69 Å². The van der Waals surface area contributed by atoms with Crippen LogP contribution in [0.25, 0.3) is 0 Å². The molecular weight excluding hydrogens is 428 g/mol. The lowest BCUT2D eigenvalue weighted by Gasteiger charge is -2.15. The first kappa shape index (κ1) is 21.7. The molecule has 2 aromatic carbocycles. The van der Waals surface area contributed by atoms with Crippen LogP contribution in [0.2, 0.25) is 0 Å². The number of ether oxygens (including phenoxy) is 2. The van der Waals surface area contributed by atoms with E-state index in [0.29, 0.717) is 30.2 Å². The van der Waals surface area contributed by atoms with E-state index in [9.17, 15) is 14.7 Å². The summed E-state index contributed by atoms with van der Waals surface area (Å²) in [7, 11) is 3.12. The monoisotopic (exact) mass is 450 g/mol. The van der Waals surface area contributed by atoms with Gasteiger partial charge in [-0.3, -0.25) is 9.59 Å². The number of halogens is 1. The summed E-state index contributed by atoms with van der Waals surface area (Å²) in [5.74, 6) is -0.207. The van der Waals surface area contributed by atoms with E-state index < -0.39 is 12.0 Å². The van der Waals surface area contributed by atoms with Gasteiger partial charge in [0.1, 0.15) is 6.04 Å². The molecule has 0 radical (unpaired) electrons. The summed E-state index contributed by atoms with van der Waals surface area (Å²) in [6.45, 7) is 0.398. The van der Waals surface area contributed by atoms with E-state index in [1.165, 1.54) is 0 Å². The van der Waals surface area contributed by atoms with Crippen LogP contribution >= 0.6 is 15.9 Å². The largest absolute Gasteiger partial charge is 0.493 e. The summed E-state index contributed by atoms with van der Waals surface area (Å²) in [4.78, 5) is 23.7. The van der Waals surface area contributed by atoms with Crippen molar-refractivity contribution in [2.75, 3.05) is 26.1 Å². The van der Waals surface area contributed by atoms with Gasteiger partial charge in [0.2, 0.25) is 5.91 Å². The molecule has 0 saturated heterocycles. The smallest absolute Gasteiger partial charge is 0.321 e. The molecule has 0 aliphatic carbocycles. The second kappa shape index (κ2) is 10.7. The molecule has 0 heterocycles. The van der Waals surface area contributed by atoms with Crippen molar-refractivity contribution in [1.29, 1.82) is 0 Å². The first-order valence-corrected chi connectivity index (χ1v) is 9.45. The fraction of sp³-hybridized carbons (Fsp3) is 0.300. The van der Waals surface area contributed by atoms with Gasteiger partial charge in [-0.15, -0.1) is 0 Å². The van der Waals surface area contributed by atoms with Crippen LogP contribution in [0.1, 0.15) is 12.0 Å². The van der Waals surface area contributed by atoms with E-state index in [4.69, 9.17) is 9.47 Å². The van der Waals surface area contributed by atoms with Gasteiger partial charge in [0.05, 0.1) is 26.3 Å². The van der Waals surface area contributed by atoms with Crippen LogP contribution in [0.5, 0.6) is 11.5 Å². The van der Waals surface area contributed by atoms with Crippen molar-refractivity contribution in [2.24, 2.45) is 0 Å². The minimum absolute atomic E-state index is 0.178. The molecule has 3 N–H and O–H groups in total. The van der Waals surface area contributed by atoms with Crippen molar-refractivity contribution < 1.29 is 24.2 Å². The van der Waals surface area contributed by atoms with Crippen LogP contribution in [0, 0.1) is 0 Å². The number of hydrogen-bond acceptors (Lipinski definition) is 5. The lowest BCUT2D eigenvalue weighted by atomic mass is 10.1. The van der Waals surface area contributed by atoms with E-state index >= 15 is 0 Å². The number of anilines is 1. The maximum Gasteiger partial charge on any atom is 0.321 e. The average Bonchev–Trinajstić information content (AvgIpc) is 2.68. The number of carbonyl (C=O) groups excluding carboxylic acids is 1. The minimum atomic E-state index is -1.07. The van der Waals surface area contributed by atoms with Crippen LogP contribution in [-0.4, -0.2) is 43.8 Å². The van der Waals surface area contributed by atoms with Gasteiger partial charge < -0.3 is 25.2 Å². The standard InChI is InChI=1S/C20H23BrN2O5/c1-27-17-8-7-13(11-18(17)28-2)9-10-22-16(20(25)26)12-19(24)23-15-6-4-3-5-14(15)21/h3-8,11,16,22H,9-10,12H2,1-2H3,(H,23,24)(H,25,26). The summed E-state index contributed by atoms with van der Waals surface area (Å²) < 4.78 is 11.2. The topological polar surface area (TPSA) is 96.9 Å². The molecule has 0 fully saturated rings. The zero-order valence-electron chi connectivity index (χ0n) is 15.7. The third-order valence-corrected chi connectivity index (χ3v) is 4.78. The quantitative estimate of drug-likeness (QED) is 0.514. The molecule has 2 aromatic rings. The molecule has 0 bridgehead atoms. The van der Waals surface area contributed by atoms with Gasteiger partial charge in [0.15, 0.2) is 11.5 Å². The Balaban J connectivity index is 1.90. The summed E-state index contributed by atoms with van der Waals surface area (Å²) >= 11 is 3.34. The number of carboxylic acid groups (broad SMARTS) is 1. The van der Waals surface area contributed by atoms with E-state index in [-0.39, 0.29) is 12.3 Å². The number of carbonyl (C=O) groups is 2. The van der Waals surface area contributed by atoms with Crippen LogP contribution in [0.15, 0.2) is 46.9 Å². The average molecular weight is 451 g/mol. The second-order valence-electron chi connectivity index (χ2n) is 6.02. The highest BCUT2D eigenvalue weighted by molar-refractivity contribution is 9.10. The molecule has 1 amide bonds. The predicted molar refractivity (Wildman–Crippen MR) is 110 cm³/mol. The highest BCUT2D eigenvalue weighted by Gasteiger charge is 2.21. The number of hydrogen-bond donors (Lipinski definition) is 3. The number of rotatable bonds is 10. The Hall–Kier alpha value is -2.58. The highest BCUT2D eigenvalue weighted by atomic mass is 79.9. The van der Waals surface area contributed by atoms with Crippen molar-refractivity contribution in [3.8, 4) is 11.5 Å². The fourth-order valence-corrected chi connectivity index (χ4v) is 3.01. The van der Waals surface area contributed by atoms with Crippen molar-refractivity contribution in [2.45, 2.75) is 18.9 Å². The van der Waals surface area contributed by atoms with E-state index in [2.05, 4.69) is 26.6 Å². The Labute approximate surface area is 172 Å². The first-order valence-electron chi connectivity index (χ1n) is 8.66. The zero-order chi connectivity index (χ0) is 20.5.